The Bertz CT molecular complexity index is 516. The van der Waals surface area contributed by atoms with Gasteiger partial charge in [0.2, 0.25) is 0 Å². The molecule has 1 rings (SSSR count). The summed E-state index contributed by atoms with van der Waals surface area (Å²) in [5, 5.41) is 18.1. The molecule has 0 fully saturated rings. The maximum Gasteiger partial charge on any atom is 0.323 e. The molecular weight excluding hydrogens is 288 g/mol. The van der Waals surface area contributed by atoms with E-state index in [0.29, 0.717) is 5.56 Å². The predicted molar refractivity (Wildman–Crippen MR) is 79.1 cm³/mol. The molecule has 0 heterocycles. The van der Waals surface area contributed by atoms with Crippen LogP contribution in [0.25, 0.3) is 0 Å². The molecule has 0 aromatic heterocycles. The highest BCUT2D eigenvalue weighted by atomic mass is 16.5. The number of aliphatic hydroxyl groups is 1. The van der Waals surface area contributed by atoms with Crippen LogP contribution in [0.2, 0.25) is 0 Å². The monoisotopic (exact) mass is 308 g/mol. The molecule has 6 nitrogen and oxygen atoms in total. The molecule has 2 N–H and O–H groups in total. The van der Waals surface area contributed by atoms with E-state index in [1.54, 1.807) is 12.1 Å². The Labute approximate surface area is 129 Å². The summed E-state index contributed by atoms with van der Waals surface area (Å²) in [5.41, 5.74) is -0.863. The van der Waals surface area contributed by atoms with Crippen LogP contribution in [0.1, 0.15) is 12.0 Å². The molecule has 0 atom stereocenters. The lowest BCUT2D eigenvalue weighted by Crippen LogP contribution is -2.43. The van der Waals surface area contributed by atoms with Crippen molar-refractivity contribution >= 4 is 11.9 Å². The summed E-state index contributed by atoms with van der Waals surface area (Å²) in [6, 6.07) is 6.17. The molecule has 22 heavy (non-hydrogen) atoms. The standard InChI is InChI=1S/C16H20O6/c1-21-14(19)16(15(20)22-2,9-3-4-10-17)11-12-5-7-13(18)8-6-12/h3-8,17-18H,9-11H2,1-2H3/b4-3-. The van der Waals surface area contributed by atoms with Crippen LogP contribution in [0.3, 0.4) is 0 Å². The SMILES string of the molecule is COC(=O)C(C/C=C\CO)(Cc1ccc(O)cc1)C(=O)OC. The first-order valence-electron chi connectivity index (χ1n) is 6.70. The van der Waals surface area contributed by atoms with Crippen molar-refractivity contribution in [3.8, 4) is 5.75 Å². The van der Waals surface area contributed by atoms with Crippen LogP contribution in [0.15, 0.2) is 36.4 Å². The minimum atomic E-state index is -1.54. The average Bonchev–Trinajstić information content (AvgIpc) is 2.54. The molecule has 120 valence electrons. The van der Waals surface area contributed by atoms with E-state index >= 15 is 0 Å². The van der Waals surface area contributed by atoms with E-state index < -0.39 is 17.4 Å². The van der Waals surface area contributed by atoms with Gasteiger partial charge in [0.15, 0.2) is 5.41 Å². The van der Waals surface area contributed by atoms with Gasteiger partial charge < -0.3 is 19.7 Å². The molecule has 1 aromatic carbocycles. The first kappa shape index (κ1) is 17.7. The normalized spacial score (nSPS) is 11.4. The molecule has 1 aromatic rings. The largest absolute Gasteiger partial charge is 0.508 e. The third-order valence-corrected chi connectivity index (χ3v) is 3.33. The number of carbonyl (C=O) groups is 2. The summed E-state index contributed by atoms with van der Waals surface area (Å²) >= 11 is 0. The number of methoxy groups -OCH3 is 2. The van der Waals surface area contributed by atoms with Crippen LogP contribution in [0.4, 0.5) is 0 Å². The van der Waals surface area contributed by atoms with E-state index in [-0.39, 0.29) is 25.2 Å². The molecule has 0 aliphatic rings. The zero-order valence-corrected chi connectivity index (χ0v) is 12.6. The maximum atomic E-state index is 12.2. The van der Waals surface area contributed by atoms with Gasteiger partial charge >= 0.3 is 11.9 Å². The Morgan fingerprint density at radius 2 is 1.64 bits per heavy atom. The van der Waals surface area contributed by atoms with Crippen LogP contribution in [0, 0.1) is 5.41 Å². The van der Waals surface area contributed by atoms with Gasteiger partial charge in [-0.1, -0.05) is 24.3 Å². The second-order valence-corrected chi connectivity index (χ2v) is 4.77. The van der Waals surface area contributed by atoms with E-state index in [1.165, 1.54) is 38.5 Å². The van der Waals surface area contributed by atoms with Gasteiger partial charge in [-0.3, -0.25) is 9.59 Å². The summed E-state index contributed by atoms with van der Waals surface area (Å²) in [4.78, 5) is 24.5. The zero-order chi connectivity index (χ0) is 16.6. The second kappa shape index (κ2) is 8.19. The number of phenolic OH excluding ortho intramolecular Hbond substituents is 1. The quantitative estimate of drug-likeness (QED) is 0.447. The number of esters is 2. The van der Waals surface area contributed by atoms with Crippen molar-refractivity contribution in [2.24, 2.45) is 5.41 Å². The Hall–Kier alpha value is -2.34. The minimum absolute atomic E-state index is 0.0355. The molecule has 0 radical (unpaired) electrons. The summed E-state index contributed by atoms with van der Waals surface area (Å²) in [5.74, 6) is -1.34. The molecule has 0 spiro atoms. The number of carbonyl (C=O) groups excluding carboxylic acids is 2. The van der Waals surface area contributed by atoms with Gasteiger partial charge in [0.05, 0.1) is 20.8 Å². The zero-order valence-electron chi connectivity index (χ0n) is 12.6. The van der Waals surface area contributed by atoms with Gasteiger partial charge in [-0.2, -0.15) is 0 Å². The minimum Gasteiger partial charge on any atom is -0.508 e. The van der Waals surface area contributed by atoms with Crippen LogP contribution < -0.4 is 0 Å². The summed E-state index contributed by atoms with van der Waals surface area (Å²) in [7, 11) is 2.40. The topological polar surface area (TPSA) is 93.1 Å². The van der Waals surface area contributed by atoms with Gasteiger partial charge in [0.25, 0.3) is 0 Å². The van der Waals surface area contributed by atoms with Crippen molar-refractivity contribution in [2.45, 2.75) is 12.8 Å². The fourth-order valence-corrected chi connectivity index (χ4v) is 2.18. The summed E-state index contributed by atoms with van der Waals surface area (Å²) in [6.45, 7) is -0.197. The van der Waals surface area contributed by atoms with Gasteiger partial charge in [0, 0.05) is 0 Å². The molecule has 0 unspecified atom stereocenters. The average molecular weight is 308 g/mol. The molecular formula is C16H20O6. The van der Waals surface area contributed by atoms with Gasteiger partial charge in [0.1, 0.15) is 5.75 Å². The Morgan fingerprint density at radius 1 is 1.09 bits per heavy atom. The van der Waals surface area contributed by atoms with Crippen molar-refractivity contribution in [3.05, 3.63) is 42.0 Å². The van der Waals surface area contributed by atoms with Crippen molar-refractivity contribution in [1.29, 1.82) is 0 Å². The predicted octanol–water partition coefficient (Wildman–Crippen LogP) is 1.21. The number of allylic oxidation sites excluding steroid dienone is 1. The number of phenols is 1. The van der Waals surface area contributed by atoms with Crippen molar-refractivity contribution < 1.29 is 29.3 Å². The van der Waals surface area contributed by atoms with E-state index in [2.05, 4.69) is 0 Å². The molecule has 0 aliphatic heterocycles. The van der Waals surface area contributed by atoms with Gasteiger partial charge in [-0.15, -0.1) is 0 Å². The molecule has 0 bridgehead atoms. The molecule has 0 saturated heterocycles. The highest BCUT2D eigenvalue weighted by Gasteiger charge is 2.47. The van der Waals surface area contributed by atoms with Crippen molar-refractivity contribution in [3.63, 3.8) is 0 Å². The van der Waals surface area contributed by atoms with Crippen molar-refractivity contribution in [2.75, 3.05) is 20.8 Å². The van der Waals surface area contributed by atoms with E-state index in [4.69, 9.17) is 14.6 Å². The molecule has 6 heteroatoms. The smallest absolute Gasteiger partial charge is 0.323 e. The number of hydrogen-bond acceptors (Lipinski definition) is 6. The Balaban J connectivity index is 3.21. The van der Waals surface area contributed by atoms with Crippen LogP contribution >= 0.6 is 0 Å². The van der Waals surface area contributed by atoms with Gasteiger partial charge in [-0.05, 0) is 30.5 Å². The number of aromatic hydroxyl groups is 1. The lowest BCUT2D eigenvalue weighted by Gasteiger charge is -2.27. The molecule has 0 saturated carbocycles. The third kappa shape index (κ3) is 4.08. The number of aliphatic hydroxyl groups excluding tert-OH is 1. The summed E-state index contributed by atoms with van der Waals surface area (Å²) in [6.07, 6.45) is 3.07. The third-order valence-electron chi connectivity index (χ3n) is 3.33. The summed E-state index contributed by atoms with van der Waals surface area (Å²) < 4.78 is 9.56. The first-order valence-corrected chi connectivity index (χ1v) is 6.70. The lowest BCUT2D eigenvalue weighted by atomic mass is 9.78. The van der Waals surface area contributed by atoms with E-state index in [0.717, 1.165) is 0 Å². The highest BCUT2D eigenvalue weighted by Crippen LogP contribution is 2.32. The van der Waals surface area contributed by atoms with Crippen molar-refractivity contribution in [1.82, 2.24) is 0 Å². The fraction of sp³-hybridized carbons (Fsp3) is 0.375. The number of rotatable bonds is 7. The van der Waals surface area contributed by atoms with Crippen LogP contribution in [-0.2, 0) is 25.5 Å². The van der Waals surface area contributed by atoms with E-state index in [9.17, 15) is 14.7 Å². The highest BCUT2D eigenvalue weighted by molar-refractivity contribution is 6.00. The Kier molecular flexibility index (Phi) is 6.59. The van der Waals surface area contributed by atoms with Gasteiger partial charge in [-0.25, -0.2) is 0 Å². The lowest BCUT2D eigenvalue weighted by molar-refractivity contribution is -0.168. The fourth-order valence-electron chi connectivity index (χ4n) is 2.18. The van der Waals surface area contributed by atoms with E-state index in [1.807, 2.05) is 0 Å². The molecule has 0 aliphatic carbocycles. The number of hydrogen-bond donors (Lipinski definition) is 2. The van der Waals surface area contributed by atoms with Crippen LogP contribution in [0.5, 0.6) is 5.75 Å². The molecule has 0 amide bonds. The first-order chi connectivity index (χ1) is 10.5. The second-order valence-electron chi connectivity index (χ2n) is 4.77. The maximum absolute atomic E-state index is 12.2. The Morgan fingerprint density at radius 3 is 2.09 bits per heavy atom. The number of ether oxygens (including phenoxy) is 2. The van der Waals surface area contributed by atoms with Crippen LogP contribution in [-0.4, -0.2) is 43.0 Å². The number of benzene rings is 1.